The first-order valence-electron chi connectivity index (χ1n) is 10.3. The van der Waals surface area contributed by atoms with Crippen molar-refractivity contribution in [3.8, 4) is 5.69 Å². The fourth-order valence-corrected chi connectivity index (χ4v) is 4.24. The van der Waals surface area contributed by atoms with Crippen LogP contribution in [-0.2, 0) is 14.3 Å². The van der Waals surface area contributed by atoms with Crippen LogP contribution in [0, 0.1) is 13.8 Å². The van der Waals surface area contributed by atoms with E-state index >= 15 is 0 Å². The lowest BCUT2D eigenvalue weighted by Gasteiger charge is -2.28. The lowest BCUT2D eigenvalue weighted by Crippen LogP contribution is -2.54. The Morgan fingerprint density at radius 3 is 2.26 bits per heavy atom. The number of halogens is 1. The summed E-state index contributed by atoms with van der Waals surface area (Å²) < 4.78 is 6.72. The summed E-state index contributed by atoms with van der Waals surface area (Å²) in [6.07, 6.45) is 1.56. The van der Waals surface area contributed by atoms with E-state index in [4.69, 9.17) is 28.6 Å². The van der Waals surface area contributed by atoms with Crippen molar-refractivity contribution in [2.24, 2.45) is 0 Å². The maximum atomic E-state index is 13.3. The minimum atomic E-state index is -0.563. The lowest BCUT2D eigenvalue weighted by molar-refractivity contribution is -0.122. The first-order chi connectivity index (χ1) is 16.2. The number of hydrogen-bond donors (Lipinski definition) is 1. The molecule has 0 aliphatic carbocycles. The van der Waals surface area contributed by atoms with E-state index < -0.39 is 17.8 Å². The van der Waals surface area contributed by atoms with Crippen molar-refractivity contribution in [1.82, 2.24) is 9.88 Å². The minimum absolute atomic E-state index is 0.00522. The van der Waals surface area contributed by atoms with Gasteiger partial charge in [0.25, 0.3) is 11.8 Å². The zero-order valence-corrected chi connectivity index (χ0v) is 20.2. The van der Waals surface area contributed by atoms with Gasteiger partial charge in [0.1, 0.15) is 5.57 Å². The third-order valence-electron chi connectivity index (χ3n) is 5.50. The van der Waals surface area contributed by atoms with Crippen molar-refractivity contribution in [2.75, 3.05) is 12.0 Å². The molecule has 0 spiro atoms. The highest BCUT2D eigenvalue weighted by molar-refractivity contribution is 7.80. The molecule has 1 aliphatic heterocycles. The molecule has 3 aromatic rings. The van der Waals surface area contributed by atoms with Crippen molar-refractivity contribution in [3.63, 3.8) is 0 Å². The van der Waals surface area contributed by atoms with Gasteiger partial charge in [-0.3, -0.25) is 19.8 Å². The number of hydrogen-bond acceptors (Lipinski definition) is 5. The largest absolute Gasteiger partial charge is 0.465 e. The Kier molecular flexibility index (Phi) is 6.37. The molecule has 2 heterocycles. The normalized spacial score (nSPS) is 15.0. The van der Waals surface area contributed by atoms with Crippen LogP contribution in [0.5, 0.6) is 0 Å². The number of thiocarbonyl (C=S) groups is 1. The number of amides is 2. The maximum Gasteiger partial charge on any atom is 0.337 e. The molecule has 172 valence electrons. The van der Waals surface area contributed by atoms with Gasteiger partial charge in [0.2, 0.25) is 0 Å². The summed E-state index contributed by atoms with van der Waals surface area (Å²) in [7, 11) is 1.33. The Hall–Kier alpha value is -3.75. The summed E-state index contributed by atoms with van der Waals surface area (Å²) in [4.78, 5) is 38.9. The Bertz CT molecular complexity index is 1360. The van der Waals surface area contributed by atoms with Gasteiger partial charge in [0.15, 0.2) is 5.11 Å². The topological polar surface area (TPSA) is 80.6 Å². The second-order valence-corrected chi connectivity index (χ2v) is 8.46. The Balaban J connectivity index is 1.71. The number of esters is 1. The predicted molar refractivity (Wildman–Crippen MR) is 134 cm³/mol. The molecule has 1 saturated heterocycles. The summed E-state index contributed by atoms with van der Waals surface area (Å²) in [5.41, 5.74) is 4.16. The molecule has 1 aliphatic rings. The summed E-state index contributed by atoms with van der Waals surface area (Å²) in [5.74, 6) is -1.50. The predicted octanol–water partition coefficient (Wildman–Crippen LogP) is 4.37. The number of nitrogens with zero attached hydrogens (tertiary/aromatic N) is 2. The number of nitrogens with one attached hydrogen (secondary N) is 1. The molecule has 2 amide bonds. The van der Waals surface area contributed by atoms with E-state index in [1.165, 1.54) is 12.0 Å². The monoisotopic (exact) mass is 493 g/mol. The molecular weight excluding hydrogens is 474 g/mol. The van der Waals surface area contributed by atoms with Gasteiger partial charge >= 0.3 is 5.97 Å². The number of rotatable bonds is 4. The highest BCUT2D eigenvalue weighted by atomic mass is 35.5. The molecule has 0 saturated carbocycles. The molecule has 1 N–H and O–H groups in total. The van der Waals surface area contributed by atoms with Crippen molar-refractivity contribution in [2.45, 2.75) is 13.8 Å². The molecule has 7 nitrogen and oxygen atoms in total. The van der Waals surface area contributed by atoms with E-state index in [0.29, 0.717) is 21.8 Å². The van der Waals surface area contributed by atoms with Crippen LogP contribution in [0.25, 0.3) is 11.8 Å². The highest BCUT2D eigenvalue weighted by Crippen LogP contribution is 2.27. The van der Waals surface area contributed by atoms with Crippen LogP contribution < -0.4 is 10.2 Å². The molecule has 0 radical (unpaired) electrons. The third kappa shape index (κ3) is 4.25. The first-order valence-corrected chi connectivity index (χ1v) is 11.0. The number of aryl methyl sites for hydroxylation is 1. The standard InChI is InChI=1S/C25H20ClN3O4S/c1-14-12-17(15(2)28(14)19-8-4-16(5-9-19)24(32)33-3)13-21-22(30)27-25(34)29(23(21)31)20-10-6-18(26)7-11-20/h4-13H,1-3H3,(H,27,30,34)/b21-13+. The number of ether oxygens (including phenoxy) is 1. The van der Waals surface area contributed by atoms with Gasteiger partial charge in [-0.15, -0.1) is 0 Å². The molecule has 0 bridgehead atoms. The number of aromatic nitrogens is 1. The van der Waals surface area contributed by atoms with Gasteiger partial charge in [-0.1, -0.05) is 11.6 Å². The molecule has 0 unspecified atom stereocenters. The average Bonchev–Trinajstić information content (AvgIpc) is 3.10. The van der Waals surface area contributed by atoms with Gasteiger partial charge in [0, 0.05) is 22.1 Å². The summed E-state index contributed by atoms with van der Waals surface area (Å²) in [6, 6.07) is 15.5. The minimum Gasteiger partial charge on any atom is -0.465 e. The second-order valence-electron chi connectivity index (χ2n) is 7.63. The number of carbonyl (C=O) groups is 3. The number of carbonyl (C=O) groups excluding carboxylic acids is 3. The molecular formula is C25H20ClN3O4S. The van der Waals surface area contributed by atoms with E-state index in [0.717, 1.165) is 17.1 Å². The maximum absolute atomic E-state index is 13.3. The fraction of sp³-hybridized carbons (Fsp3) is 0.120. The van der Waals surface area contributed by atoms with Crippen LogP contribution in [0.15, 0.2) is 60.2 Å². The van der Waals surface area contributed by atoms with Crippen LogP contribution in [0.4, 0.5) is 5.69 Å². The van der Waals surface area contributed by atoms with Gasteiger partial charge < -0.3 is 9.30 Å². The van der Waals surface area contributed by atoms with Crippen LogP contribution in [-0.4, -0.2) is 34.6 Å². The third-order valence-corrected chi connectivity index (χ3v) is 6.04. The van der Waals surface area contributed by atoms with Crippen molar-refractivity contribution in [3.05, 3.63) is 87.7 Å². The fourth-order valence-electron chi connectivity index (χ4n) is 3.83. The number of benzene rings is 2. The quantitative estimate of drug-likeness (QED) is 0.253. The molecule has 2 aromatic carbocycles. The van der Waals surface area contributed by atoms with Crippen molar-refractivity contribution in [1.29, 1.82) is 0 Å². The summed E-state index contributed by atoms with van der Waals surface area (Å²) in [5, 5.41) is 3.11. The highest BCUT2D eigenvalue weighted by Gasteiger charge is 2.34. The first kappa shape index (κ1) is 23.4. The number of methoxy groups -OCH3 is 1. The van der Waals surface area contributed by atoms with Gasteiger partial charge in [-0.05, 0) is 92.3 Å². The van der Waals surface area contributed by atoms with Gasteiger partial charge in [-0.25, -0.2) is 4.79 Å². The molecule has 1 aromatic heterocycles. The van der Waals surface area contributed by atoms with E-state index in [1.54, 1.807) is 42.5 Å². The number of anilines is 1. The van der Waals surface area contributed by atoms with Crippen molar-refractivity contribution < 1.29 is 19.1 Å². The molecule has 1 fully saturated rings. The molecule has 9 heteroatoms. The zero-order valence-electron chi connectivity index (χ0n) is 18.6. The Morgan fingerprint density at radius 2 is 1.65 bits per heavy atom. The molecule has 34 heavy (non-hydrogen) atoms. The van der Waals surface area contributed by atoms with Crippen LogP contribution in [0.3, 0.4) is 0 Å². The van der Waals surface area contributed by atoms with Crippen molar-refractivity contribution >= 4 is 58.5 Å². The summed E-state index contributed by atoms with van der Waals surface area (Å²) >= 11 is 11.2. The molecule has 0 atom stereocenters. The lowest BCUT2D eigenvalue weighted by atomic mass is 10.1. The second kappa shape index (κ2) is 9.24. The average molecular weight is 494 g/mol. The van der Waals surface area contributed by atoms with Crippen LogP contribution in [0.1, 0.15) is 27.3 Å². The van der Waals surface area contributed by atoms with Gasteiger partial charge in [-0.2, -0.15) is 0 Å². The zero-order chi connectivity index (χ0) is 24.6. The van der Waals surface area contributed by atoms with E-state index in [9.17, 15) is 14.4 Å². The van der Waals surface area contributed by atoms with E-state index in [-0.39, 0.29) is 10.7 Å². The van der Waals surface area contributed by atoms with Crippen LogP contribution in [0.2, 0.25) is 5.02 Å². The SMILES string of the molecule is COC(=O)c1ccc(-n2c(C)cc(/C=C3\C(=O)NC(=S)N(c4ccc(Cl)cc4)C3=O)c2C)cc1. The smallest absolute Gasteiger partial charge is 0.337 e. The summed E-state index contributed by atoms with van der Waals surface area (Å²) in [6.45, 7) is 3.81. The Morgan fingerprint density at radius 1 is 1.03 bits per heavy atom. The van der Waals surface area contributed by atoms with Crippen LogP contribution >= 0.6 is 23.8 Å². The van der Waals surface area contributed by atoms with E-state index in [1.807, 2.05) is 36.6 Å². The van der Waals surface area contributed by atoms with Gasteiger partial charge in [0.05, 0.1) is 18.4 Å². The molecule has 4 rings (SSSR count). The Labute approximate surface area is 206 Å². The van der Waals surface area contributed by atoms with E-state index in [2.05, 4.69) is 5.32 Å².